The Morgan fingerprint density at radius 1 is 1.61 bits per heavy atom. The van der Waals surface area contributed by atoms with E-state index in [1.165, 1.54) is 12.4 Å². The third-order valence-electron chi connectivity index (χ3n) is 3.70. The number of hydrogen-bond donors (Lipinski definition) is 3. The minimum Gasteiger partial charge on any atom is -0.481 e. The number of hydrogen-bond acceptors (Lipinski definition) is 4. The molecule has 3 N–H and O–H groups in total. The van der Waals surface area contributed by atoms with E-state index >= 15 is 0 Å². The van der Waals surface area contributed by atoms with E-state index < -0.39 is 11.4 Å². The number of anilines is 1. The number of nitrogens with one attached hydrogen (secondary N) is 2. The molecule has 0 radical (unpaired) electrons. The first-order valence-corrected chi connectivity index (χ1v) is 6.07. The van der Waals surface area contributed by atoms with Gasteiger partial charge in [0, 0.05) is 12.1 Å². The highest BCUT2D eigenvalue weighted by Gasteiger charge is 2.43. The predicted molar refractivity (Wildman–Crippen MR) is 66.5 cm³/mol. The minimum absolute atomic E-state index is 0.196. The summed E-state index contributed by atoms with van der Waals surface area (Å²) in [4.78, 5) is 29.0. The Morgan fingerprint density at radius 3 is 3.06 bits per heavy atom. The third-order valence-corrected chi connectivity index (χ3v) is 3.70. The van der Waals surface area contributed by atoms with Crippen LogP contribution in [-0.4, -0.2) is 27.1 Å². The van der Waals surface area contributed by atoms with Crippen LogP contribution in [0.4, 0.5) is 5.82 Å². The summed E-state index contributed by atoms with van der Waals surface area (Å²) in [7, 11) is 0. The van der Waals surface area contributed by atoms with Gasteiger partial charge < -0.3 is 15.4 Å². The van der Waals surface area contributed by atoms with Crippen molar-refractivity contribution in [2.24, 2.45) is 5.41 Å². The van der Waals surface area contributed by atoms with Crippen molar-refractivity contribution in [2.75, 3.05) is 5.32 Å². The zero-order chi connectivity index (χ0) is 13.2. The molecule has 1 fully saturated rings. The molecule has 1 saturated carbocycles. The molecule has 98 valence electrons. The smallest absolute Gasteiger partial charge is 0.311 e. The van der Waals surface area contributed by atoms with Gasteiger partial charge in [0.2, 0.25) is 0 Å². The number of H-pyrrole nitrogens is 1. The van der Waals surface area contributed by atoms with Crippen LogP contribution in [0.15, 0.2) is 17.2 Å². The van der Waals surface area contributed by atoms with Crippen LogP contribution >= 0.6 is 0 Å². The molecule has 1 aliphatic carbocycles. The summed E-state index contributed by atoms with van der Waals surface area (Å²) in [6.45, 7) is 1.75. The first-order valence-electron chi connectivity index (χ1n) is 6.07. The van der Waals surface area contributed by atoms with E-state index in [1.54, 1.807) is 6.92 Å². The SMILES string of the molecule is CC1(C(=O)O)CCCCC1Nc1cc(=O)[nH]cn1. The summed E-state index contributed by atoms with van der Waals surface area (Å²) < 4.78 is 0. The monoisotopic (exact) mass is 251 g/mol. The van der Waals surface area contributed by atoms with E-state index in [-0.39, 0.29) is 11.6 Å². The van der Waals surface area contributed by atoms with Gasteiger partial charge in [0.25, 0.3) is 5.56 Å². The van der Waals surface area contributed by atoms with Gasteiger partial charge in [0.05, 0.1) is 11.7 Å². The molecule has 0 aliphatic heterocycles. The second-order valence-corrected chi connectivity index (χ2v) is 4.96. The molecule has 2 atom stereocenters. The van der Waals surface area contributed by atoms with Gasteiger partial charge in [-0.3, -0.25) is 9.59 Å². The summed E-state index contributed by atoms with van der Waals surface area (Å²) >= 11 is 0. The molecular weight excluding hydrogens is 234 g/mol. The van der Waals surface area contributed by atoms with Crippen molar-refractivity contribution in [2.45, 2.75) is 38.6 Å². The second-order valence-electron chi connectivity index (χ2n) is 4.96. The molecule has 0 bridgehead atoms. The molecule has 2 unspecified atom stereocenters. The van der Waals surface area contributed by atoms with Crippen LogP contribution in [0, 0.1) is 5.41 Å². The Kier molecular flexibility index (Phi) is 3.36. The molecular formula is C12H17N3O3. The number of nitrogens with zero attached hydrogens (tertiary/aromatic N) is 1. The van der Waals surface area contributed by atoms with Crippen molar-refractivity contribution in [3.8, 4) is 0 Å². The van der Waals surface area contributed by atoms with Gasteiger partial charge in [-0.25, -0.2) is 4.98 Å². The van der Waals surface area contributed by atoms with Gasteiger partial charge in [0.15, 0.2) is 0 Å². The molecule has 1 aliphatic rings. The topological polar surface area (TPSA) is 95.1 Å². The molecule has 0 saturated heterocycles. The summed E-state index contributed by atoms with van der Waals surface area (Å²) in [5.41, 5.74) is -1.05. The molecule has 1 aromatic heterocycles. The Morgan fingerprint density at radius 2 is 2.39 bits per heavy atom. The molecule has 18 heavy (non-hydrogen) atoms. The van der Waals surface area contributed by atoms with Gasteiger partial charge in [-0.2, -0.15) is 0 Å². The summed E-state index contributed by atoms with van der Waals surface area (Å²) in [6.07, 6.45) is 4.64. The Balaban J connectivity index is 2.20. The lowest BCUT2D eigenvalue weighted by atomic mass is 9.71. The van der Waals surface area contributed by atoms with Crippen LogP contribution < -0.4 is 10.9 Å². The highest BCUT2D eigenvalue weighted by Crippen LogP contribution is 2.37. The zero-order valence-electron chi connectivity index (χ0n) is 10.3. The van der Waals surface area contributed by atoms with Crippen molar-refractivity contribution in [1.29, 1.82) is 0 Å². The number of carboxylic acid groups (broad SMARTS) is 1. The van der Waals surface area contributed by atoms with E-state index in [9.17, 15) is 14.7 Å². The van der Waals surface area contributed by atoms with Gasteiger partial charge >= 0.3 is 5.97 Å². The summed E-state index contributed by atoms with van der Waals surface area (Å²) in [5.74, 6) is -0.373. The number of aromatic nitrogens is 2. The lowest BCUT2D eigenvalue weighted by Gasteiger charge is -2.38. The maximum absolute atomic E-state index is 11.4. The van der Waals surface area contributed by atoms with Crippen LogP contribution in [0.2, 0.25) is 0 Å². The Bertz CT molecular complexity index is 499. The average molecular weight is 251 g/mol. The van der Waals surface area contributed by atoms with Gasteiger partial charge in [0.1, 0.15) is 5.82 Å². The van der Waals surface area contributed by atoms with Crippen molar-refractivity contribution in [3.05, 3.63) is 22.7 Å². The van der Waals surface area contributed by atoms with Crippen molar-refractivity contribution in [3.63, 3.8) is 0 Å². The molecule has 0 amide bonds. The third kappa shape index (κ3) is 2.37. The van der Waals surface area contributed by atoms with Crippen molar-refractivity contribution < 1.29 is 9.90 Å². The van der Waals surface area contributed by atoms with E-state index in [4.69, 9.17) is 0 Å². The predicted octanol–water partition coefficient (Wildman–Crippen LogP) is 1.22. The van der Waals surface area contributed by atoms with Gasteiger partial charge in [-0.1, -0.05) is 12.8 Å². The van der Waals surface area contributed by atoms with Crippen molar-refractivity contribution >= 4 is 11.8 Å². The molecule has 0 aromatic carbocycles. The number of aliphatic carboxylic acids is 1. The van der Waals surface area contributed by atoms with Gasteiger partial charge in [-0.15, -0.1) is 0 Å². The molecule has 1 aromatic rings. The summed E-state index contributed by atoms with van der Waals surface area (Å²) in [6, 6.07) is 1.15. The van der Waals surface area contributed by atoms with Gasteiger partial charge in [-0.05, 0) is 19.8 Å². The maximum Gasteiger partial charge on any atom is 0.311 e. The lowest BCUT2D eigenvalue weighted by molar-refractivity contribution is -0.150. The normalized spacial score (nSPS) is 27.7. The second kappa shape index (κ2) is 4.80. The van der Waals surface area contributed by atoms with Crippen LogP contribution in [0.1, 0.15) is 32.6 Å². The van der Waals surface area contributed by atoms with Crippen LogP contribution in [-0.2, 0) is 4.79 Å². The maximum atomic E-state index is 11.4. The number of rotatable bonds is 3. The highest BCUT2D eigenvalue weighted by atomic mass is 16.4. The molecule has 6 heteroatoms. The van der Waals surface area contributed by atoms with E-state index in [1.807, 2.05) is 0 Å². The number of carboxylic acids is 1. The Labute approximate surface area is 104 Å². The zero-order valence-corrected chi connectivity index (χ0v) is 10.3. The molecule has 6 nitrogen and oxygen atoms in total. The highest BCUT2D eigenvalue weighted by molar-refractivity contribution is 5.76. The molecule has 1 heterocycles. The molecule has 0 spiro atoms. The molecule has 2 rings (SSSR count). The fourth-order valence-electron chi connectivity index (χ4n) is 2.45. The standard InChI is InChI=1S/C12H17N3O3/c1-12(11(17)18)5-3-2-4-8(12)15-9-6-10(16)14-7-13-9/h6-8H,2-5H2,1H3,(H,17,18)(H2,13,14,15,16). The number of aromatic amines is 1. The quantitative estimate of drug-likeness (QED) is 0.750. The largest absolute Gasteiger partial charge is 0.481 e. The minimum atomic E-state index is -0.803. The van der Waals surface area contributed by atoms with Crippen LogP contribution in [0.5, 0.6) is 0 Å². The fourth-order valence-corrected chi connectivity index (χ4v) is 2.45. The van der Waals surface area contributed by atoms with Crippen LogP contribution in [0.3, 0.4) is 0 Å². The average Bonchev–Trinajstić information content (AvgIpc) is 2.32. The first kappa shape index (κ1) is 12.6. The number of carbonyl (C=O) groups is 1. The first-order chi connectivity index (χ1) is 8.52. The Hall–Kier alpha value is -1.85. The van der Waals surface area contributed by atoms with E-state index in [0.29, 0.717) is 12.2 Å². The lowest BCUT2D eigenvalue weighted by Crippen LogP contribution is -2.46. The van der Waals surface area contributed by atoms with E-state index in [0.717, 1.165) is 19.3 Å². The fraction of sp³-hybridized carbons (Fsp3) is 0.583. The van der Waals surface area contributed by atoms with E-state index in [2.05, 4.69) is 15.3 Å². The summed E-state index contributed by atoms with van der Waals surface area (Å²) in [5, 5.41) is 12.5. The van der Waals surface area contributed by atoms with Crippen molar-refractivity contribution in [1.82, 2.24) is 9.97 Å². The van der Waals surface area contributed by atoms with Crippen LogP contribution in [0.25, 0.3) is 0 Å².